The normalized spacial score (nSPS) is 19.2. The van der Waals surface area contributed by atoms with Gasteiger partial charge in [-0.3, -0.25) is 0 Å². The molecule has 150 valence electrons. The molecule has 5 nitrogen and oxygen atoms in total. The second-order valence-electron chi connectivity index (χ2n) is 7.36. The summed E-state index contributed by atoms with van der Waals surface area (Å²) in [6, 6.07) is 2.17. The van der Waals surface area contributed by atoms with Crippen LogP contribution >= 0.6 is 15.9 Å². The molecule has 1 fully saturated rings. The van der Waals surface area contributed by atoms with E-state index < -0.39 is 0 Å². The first-order valence-corrected chi connectivity index (χ1v) is 10.9. The zero-order valence-electron chi connectivity index (χ0n) is 16.9. The van der Waals surface area contributed by atoms with Gasteiger partial charge in [0.05, 0.1) is 10.7 Å². The van der Waals surface area contributed by atoms with Crippen molar-refractivity contribution in [3.8, 4) is 0 Å². The van der Waals surface area contributed by atoms with Crippen molar-refractivity contribution in [1.82, 2.24) is 19.5 Å². The van der Waals surface area contributed by atoms with Crippen LogP contribution in [0.1, 0.15) is 44.2 Å². The SMILES string of the molecule is C=C/C(=C\C=C/CC)CNc1cc(C2CCCN(C)CC2)nc2c(Br)cnn12. The van der Waals surface area contributed by atoms with Gasteiger partial charge in [0, 0.05) is 24.2 Å². The molecule has 6 heteroatoms. The van der Waals surface area contributed by atoms with Crippen LogP contribution < -0.4 is 5.32 Å². The van der Waals surface area contributed by atoms with E-state index in [9.17, 15) is 0 Å². The molecule has 1 saturated heterocycles. The largest absolute Gasteiger partial charge is 0.366 e. The van der Waals surface area contributed by atoms with Gasteiger partial charge in [0.15, 0.2) is 5.65 Å². The van der Waals surface area contributed by atoms with Gasteiger partial charge in [-0.2, -0.15) is 9.61 Å². The number of aromatic nitrogens is 3. The third kappa shape index (κ3) is 5.11. The number of anilines is 1. The lowest BCUT2D eigenvalue weighted by Crippen LogP contribution is -2.18. The van der Waals surface area contributed by atoms with Crippen molar-refractivity contribution >= 4 is 27.4 Å². The Kier molecular flexibility index (Phi) is 7.45. The van der Waals surface area contributed by atoms with Crippen LogP contribution in [0.15, 0.2) is 53.2 Å². The fourth-order valence-electron chi connectivity index (χ4n) is 3.55. The minimum absolute atomic E-state index is 0.485. The molecule has 0 aliphatic carbocycles. The van der Waals surface area contributed by atoms with Crippen molar-refractivity contribution in [2.24, 2.45) is 0 Å². The highest BCUT2D eigenvalue weighted by Crippen LogP contribution is 2.30. The van der Waals surface area contributed by atoms with Crippen molar-refractivity contribution in [2.75, 3.05) is 32.0 Å². The Hall–Kier alpha value is -1.92. The third-order valence-electron chi connectivity index (χ3n) is 5.24. The average Bonchev–Trinajstić information content (AvgIpc) is 2.93. The molecule has 2 aromatic heterocycles. The Morgan fingerprint density at radius 3 is 3.04 bits per heavy atom. The quantitative estimate of drug-likeness (QED) is 0.598. The van der Waals surface area contributed by atoms with E-state index >= 15 is 0 Å². The smallest absolute Gasteiger partial charge is 0.171 e. The van der Waals surface area contributed by atoms with Crippen molar-refractivity contribution < 1.29 is 0 Å². The number of rotatable bonds is 7. The van der Waals surface area contributed by atoms with Crippen molar-refractivity contribution in [2.45, 2.75) is 38.5 Å². The van der Waals surface area contributed by atoms with Crippen LogP contribution in [0.25, 0.3) is 5.65 Å². The summed E-state index contributed by atoms with van der Waals surface area (Å²) in [5.74, 6) is 1.45. The van der Waals surface area contributed by atoms with Gasteiger partial charge in [0.1, 0.15) is 5.82 Å². The second kappa shape index (κ2) is 10.0. The Bertz CT molecular complexity index is 867. The molecule has 3 heterocycles. The maximum Gasteiger partial charge on any atom is 0.171 e. The summed E-state index contributed by atoms with van der Waals surface area (Å²) in [5.41, 5.74) is 3.16. The predicted octanol–water partition coefficient (Wildman–Crippen LogP) is 5.18. The molecule has 1 N–H and O–H groups in total. The van der Waals surface area contributed by atoms with Crippen molar-refractivity contribution in [3.05, 3.63) is 58.9 Å². The topological polar surface area (TPSA) is 45.5 Å². The third-order valence-corrected chi connectivity index (χ3v) is 5.80. The summed E-state index contributed by atoms with van der Waals surface area (Å²) < 4.78 is 2.80. The van der Waals surface area contributed by atoms with Gasteiger partial charge in [-0.05, 0) is 67.3 Å². The van der Waals surface area contributed by atoms with E-state index in [0.29, 0.717) is 12.5 Å². The molecule has 1 unspecified atom stereocenters. The molecule has 0 saturated carbocycles. The molecule has 1 aliphatic heterocycles. The highest BCUT2D eigenvalue weighted by molar-refractivity contribution is 9.10. The van der Waals surface area contributed by atoms with Crippen molar-refractivity contribution in [3.63, 3.8) is 0 Å². The van der Waals surface area contributed by atoms with Gasteiger partial charge in [-0.15, -0.1) is 0 Å². The molecule has 28 heavy (non-hydrogen) atoms. The number of nitrogens with one attached hydrogen (secondary N) is 1. The van der Waals surface area contributed by atoms with Crippen molar-refractivity contribution in [1.29, 1.82) is 0 Å². The van der Waals surface area contributed by atoms with Crippen LogP contribution in [0.3, 0.4) is 0 Å². The minimum Gasteiger partial charge on any atom is -0.366 e. The van der Waals surface area contributed by atoms with E-state index in [4.69, 9.17) is 4.98 Å². The molecule has 0 spiro atoms. The van der Waals surface area contributed by atoms with E-state index in [1.165, 1.54) is 19.4 Å². The predicted molar refractivity (Wildman–Crippen MR) is 121 cm³/mol. The molecule has 3 rings (SSSR count). The molecule has 0 aromatic carbocycles. The lowest BCUT2D eigenvalue weighted by atomic mass is 9.96. The van der Waals surface area contributed by atoms with Gasteiger partial charge in [0.2, 0.25) is 0 Å². The van der Waals surface area contributed by atoms with Crippen LogP contribution in [0.5, 0.6) is 0 Å². The molecular weight excluding hydrogens is 414 g/mol. The summed E-state index contributed by atoms with van der Waals surface area (Å²) in [5, 5.41) is 8.03. The van der Waals surface area contributed by atoms with Gasteiger partial charge >= 0.3 is 0 Å². The van der Waals surface area contributed by atoms with E-state index in [2.05, 4.69) is 76.1 Å². The average molecular weight is 444 g/mol. The standard InChI is InChI=1S/C22H30BrN5/c1-4-6-7-9-17(5-2)15-24-21-14-20(18-10-8-12-27(3)13-11-18)26-22-19(23)16-25-28(21)22/h5-7,9,14,16,18,24H,2,4,8,10-13,15H2,1,3H3/b7-6-,17-9+. The van der Waals surface area contributed by atoms with Crippen LogP contribution in [-0.2, 0) is 0 Å². The summed E-state index contributed by atoms with van der Waals surface area (Å²) in [6.07, 6.45) is 14.6. The zero-order chi connectivity index (χ0) is 19.9. The molecule has 2 aromatic rings. The fraction of sp³-hybridized carbons (Fsp3) is 0.455. The maximum absolute atomic E-state index is 4.94. The van der Waals surface area contributed by atoms with Crippen LogP contribution in [0.2, 0.25) is 0 Å². The second-order valence-corrected chi connectivity index (χ2v) is 8.22. The molecule has 1 atom stereocenters. The summed E-state index contributed by atoms with van der Waals surface area (Å²) in [4.78, 5) is 7.36. The number of hydrogen-bond donors (Lipinski definition) is 1. The van der Waals surface area contributed by atoms with Crippen LogP contribution in [0, 0.1) is 0 Å². The van der Waals surface area contributed by atoms with E-state index in [1.54, 1.807) is 0 Å². The summed E-state index contributed by atoms with van der Waals surface area (Å²) in [7, 11) is 2.20. The Balaban J connectivity index is 1.87. The first kappa shape index (κ1) is 20.8. The minimum atomic E-state index is 0.485. The molecule has 0 amide bonds. The Morgan fingerprint density at radius 1 is 1.39 bits per heavy atom. The van der Waals surface area contributed by atoms with Crippen LogP contribution in [-0.4, -0.2) is 46.2 Å². The van der Waals surface area contributed by atoms with Crippen LogP contribution in [0.4, 0.5) is 5.82 Å². The molecule has 0 bridgehead atoms. The number of fused-ring (bicyclic) bond motifs is 1. The fourth-order valence-corrected chi connectivity index (χ4v) is 3.89. The zero-order valence-corrected chi connectivity index (χ0v) is 18.5. The number of nitrogens with zero attached hydrogens (tertiary/aromatic N) is 4. The lowest BCUT2D eigenvalue weighted by Gasteiger charge is -2.17. The van der Waals surface area contributed by atoms with Gasteiger partial charge in [-0.25, -0.2) is 4.98 Å². The first-order chi connectivity index (χ1) is 13.6. The molecule has 1 aliphatic rings. The van der Waals surface area contributed by atoms with E-state index in [1.807, 2.05) is 16.8 Å². The molecule has 0 radical (unpaired) electrons. The van der Waals surface area contributed by atoms with E-state index in [0.717, 1.165) is 46.6 Å². The number of likely N-dealkylation sites (tertiary alicyclic amines) is 1. The van der Waals surface area contributed by atoms with E-state index in [-0.39, 0.29) is 0 Å². The monoisotopic (exact) mass is 443 g/mol. The number of allylic oxidation sites excluding steroid dienone is 3. The number of hydrogen-bond acceptors (Lipinski definition) is 4. The highest BCUT2D eigenvalue weighted by Gasteiger charge is 2.20. The van der Waals surface area contributed by atoms with Gasteiger partial charge < -0.3 is 10.2 Å². The Morgan fingerprint density at radius 2 is 2.25 bits per heavy atom. The summed E-state index contributed by atoms with van der Waals surface area (Å²) >= 11 is 3.60. The highest BCUT2D eigenvalue weighted by atomic mass is 79.9. The van der Waals surface area contributed by atoms with Gasteiger partial charge in [0.25, 0.3) is 0 Å². The lowest BCUT2D eigenvalue weighted by molar-refractivity contribution is 0.347. The molecular formula is C22H30BrN5. The number of halogens is 1. The van der Waals surface area contributed by atoms with Gasteiger partial charge in [-0.1, -0.05) is 37.8 Å². The maximum atomic E-state index is 4.94. The Labute approximate surface area is 176 Å². The first-order valence-electron chi connectivity index (χ1n) is 10.1. The summed E-state index contributed by atoms with van der Waals surface area (Å²) in [6.45, 7) is 9.05.